The monoisotopic (exact) mass is 282 g/mol. The molecule has 1 saturated carbocycles. The number of pyridine rings is 1. The lowest BCUT2D eigenvalue weighted by molar-refractivity contribution is -0.125. The Morgan fingerprint density at radius 1 is 1.33 bits per heavy atom. The molecule has 0 radical (unpaired) electrons. The number of nitrogens with zero attached hydrogens (tertiary/aromatic N) is 1. The summed E-state index contributed by atoms with van der Waals surface area (Å²) >= 11 is 0. The van der Waals surface area contributed by atoms with Crippen LogP contribution in [-0.4, -0.2) is 16.3 Å². The van der Waals surface area contributed by atoms with E-state index in [0.29, 0.717) is 12.3 Å². The predicted octanol–water partition coefficient (Wildman–Crippen LogP) is 3.25. The standard InChI is InChI=1S/C18H22N2O/c1-13-5-4-10-18(19,12-13)17(21)11-15-9-8-14-6-2-3-7-16(14)20-15/h2-3,6-9,13H,4-5,10-12,19H2,1H3. The Morgan fingerprint density at radius 2 is 2.14 bits per heavy atom. The van der Waals surface area contributed by atoms with Crippen molar-refractivity contribution in [1.82, 2.24) is 4.98 Å². The number of para-hydroxylation sites is 1. The minimum atomic E-state index is -0.648. The lowest BCUT2D eigenvalue weighted by atomic mass is 9.74. The van der Waals surface area contributed by atoms with E-state index in [1.807, 2.05) is 36.4 Å². The highest BCUT2D eigenvalue weighted by Crippen LogP contribution is 2.31. The first-order valence-electron chi connectivity index (χ1n) is 7.74. The van der Waals surface area contributed by atoms with Crippen molar-refractivity contribution in [1.29, 1.82) is 0 Å². The number of ketones is 1. The quantitative estimate of drug-likeness (QED) is 0.940. The average molecular weight is 282 g/mol. The highest BCUT2D eigenvalue weighted by Gasteiger charge is 2.37. The van der Waals surface area contributed by atoms with Crippen LogP contribution in [-0.2, 0) is 11.2 Å². The summed E-state index contributed by atoms with van der Waals surface area (Å²) in [6.45, 7) is 2.18. The summed E-state index contributed by atoms with van der Waals surface area (Å²) in [7, 11) is 0. The smallest absolute Gasteiger partial charge is 0.158 e. The zero-order valence-electron chi connectivity index (χ0n) is 12.5. The first-order valence-corrected chi connectivity index (χ1v) is 7.74. The summed E-state index contributed by atoms with van der Waals surface area (Å²) < 4.78 is 0. The maximum atomic E-state index is 12.6. The zero-order valence-corrected chi connectivity index (χ0v) is 12.5. The van der Waals surface area contributed by atoms with Gasteiger partial charge in [0, 0.05) is 11.1 Å². The maximum absolute atomic E-state index is 12.6. The molecule has 1 aromatic heterocycles. The number of fused-ring (bicyclic) bond motifs is 1. The molecule has 21 heavy (non-hydrogen) atoms. The van der Waals surface area contributed by atoms with E-state index in [-0.39, 0.29) is 5.78 Å². The maximum Gasteiger partial charge on any atom is 0.158 e. The number of carbonyl (C=O) groups is 1. The molecule has 1 heterocycles. The van der Waals surface area contributed by atoms with Crippen molar-refractivity contribution in [3.05, 3.63) is 42.1 Å². The fourth-order valence-corrected chi connectivity index (χ4v) is 3.39. The zero-order chi connectivity index (χ0) is 14.9. The van der Waals surface area contributed by atoms with Gasteiger partial charge in [-0.3, -0.25) is 9.78 Å². The van der Waals surface area contributed by atoms with E-state index >= 15 is 0 Å². The van der Waals surface area contributed by atoms with Crippen molar-refractivity contribution in [2.45, 2.75) is 44.6 Å². The van der Waals surface area contributed by atoms with Crippen LogP contribution in [0.2, 0.25) is 0 Å². The van der Waals surface area contributed by atoms with E-state index in [1.165, 1.54) is 6.42 Å². The summed E-state index contributed by atoms with van der Waals surface area (Å²) in [4.78, 5) is 17.2. The van der Waals surface area contributed by atoms with Crippen LogP contribution >= 0.6 is 0 Å². The van der Waals surface area contributed by atoms with Crippen LogP contribution in [0.4, 0.5) is 0 Å². The number of Topliss-reactive ketones (excluding diaryl/α,β-unsaturated/α-hetero) is 1. The predicted molar refractivity (Wildman–Crippen MR) is 85.0 cm³/mol. The third kappa shape index (κ3) is 2.98. The summed E-state index contributed by atoms with van der Waals surface area (Å²) in [6, 6.07) is 11.9. The third-order valence-electron chi connectivity index (χ3n) is 4.59. The number of hydrogen-bond acceptors (Lipinski definition) is 3. The molecule has 3 rings (SSSR count). The van der Waals surface area contributed by atoms with Crippen LogP contribution in [0.5, 0.6) is 0 Å². The molecule has 3 nitrogen and oxygen atoms in total. The van der Waals surface area contributed by atoms with Gasteiger partial charge in [0.05, 0.1) is 17.5 Å². The molecule has 3 heteroatoms. The van der Waals surface area contributed by atoms with Crippen LogP contribution < -0.4 is 5.73 Å². The van der Waals surface area contributed by atoms with Gasteiger partial charge >= 0.3 is 0 Å². The van der Waals surface area contributed by atoms with Gasteiger partial charge < -0.3 is 5.73 Å². The van der Waals surface area contributed by atoms with E-state index < -0.39 is 5.54 Å². The molecular weight excluding hydrogens is 260 g/mol. The second kappa shape index (κ2) is 5.57. The molecule has 0 spiro atoms. The Hall–Kier alpha value is -1.74. The largest absolute Gasteiger partial charge is 0.319 e. The van der Waals surface area contributed by atoms with E-state index in [2.05, 4.69) is 11.9 Å². The molecule has 0 saturated heterocycles. The van der Waals surface area contributed by atoms with Gasteiger partial charge in [0.25, 0.3) is 0 Å². The summed E-state index contributed by atoms with van der Waals surface area (Å²) in [5.41, 5.74) is 7.49. The minimum Gasteiger partial charge on any atom is -0.319 e. The van der Waals surface area contributed by atoms with Crippen molar-refractivity contribution < 1.29 is 4.79 Å². The van der Waals surface area contributed by atoms with Gasteiger partial charge in [-0.25, -0.2) is 0 Å². The van der Waals surface area contributed by atoms with Gasteiger partial charge in [0.1, 0.15) is 0 Å². The Bertz CT molecular complexity index is 667. The SMILES string of the molecule is CC1CCCC(N)(C(=O)Cc2ccc3ccccc3n2)C1. The van der Waals surface area contributed by atoms with Crippen molar-refractivity contribution in [2.24, 2.45) is 11.7 Å². The molecule has 110 valence electrons. The second-order valence-electron chi connectivity index (χ2n) is 6.45. The van der Waals surface area contributed by atoms with Gasteiger partial charge in [-0.1, -0.05) is 44.0 Å². The molecule has 2 aromatic rings. The van der Waals surface area contributed by atoms with Gasteiger partial charge in [-0.2, -0.15) is 0 Å². The molecular formula is C18H22N2O. The number of nitrogens with two attached hydrogens (primary N) is 1. The number of rotatable bonds is 3. The topological polar surface area (TPSA) is 56.0 Å². The van der Waals surface area contributed by atoms with Gasteiger partial charge in [0.2, 0.25) is 0 Å². The summed E-state index contributed by atoms with van der Waals surface area (Å²) in [5, 5.41) is 1.10. The van der Waals surface area contributed by atoms with Crippen molar-refractivity contribution >= 4 is 16.7 Å². The van der Waals surface area contributed by atoms with E-state index in [0.717, 1.165) is 35.9 Å². The van der Waals surface area contributed by atoms with E-state index in [9.17, 15) is 4.79 Å². The summed E-state index contributed by atoms with van der Waals surface area (Å²) in [5.74, 6) is 0.675. The van der Waals surface area contributed by atoms with Crippen LogP contribution in [0.15, 0.2) is 36.4 Å². The van der Waals surface area contributed by atoms with Crippen LogP contribution in [0.1, 0.15) is 38.3 Å². The molecule has 2 N–H and O–H groups in total. The highest BCUT2D eigenvalue weighted by atomic mass is 16.1. The molecule has 2 atom stereocenters. The van der Waals surface area contributed by atoms with Crippen molar-refractivity contribution in [2.75, 3.05) is 0 Å². The Labute approximate surface area is 125 Å². The van der Waals surface area contributed by atoms with Crippen molar-refractivity contribution in [3.8, 4) is 0 Å². The highest BCUT2D eigenvalue weighted by molar-refractivity contribution is 5.90. The molecule has 1 aromatic carbocycles. The van der Waals surface area contributed by atoms with E-state index in [4.69, 9.17) is 5.73 Å². The number of benzene rings is 1. The molecule has 2 unspecified atom stereocenters. The lowest BCUT2D eigenvalue weighted by Gasteiger charge is -2.35. The fourth-order valence-electron chi connectivity index (χ4n) is 3.39. The van der Waals surface area contributed by atoms with Gasteiger partial charge in [-0.05, 0) is 30.9 Å². The normalized spacial score (nSPS) is 25.9. The molecule has 0 amide bonds. The Morgan fingerprint density at radius 3 is 2.95 bits per heavy atom. The van der Waals surface area contributed by atoms with Crippen LogP contribution in [0.25, 0.3) is 10.9 Å². The molecule has 0 aliphatic heterocycles. The Kier molecular flexibility index (Phi) is 3.77. The minimum absolute atomic E-state index is 0.136. The first-order chi connectivity index (χ1) is 10.1. The fraction of sp³-hybridized carbons (Fsp3) is 0.444. The van der Waals surface area contributed by atoms with Crippen molar-refractivity contribution in [3.63, 3.8) is 0 Å². The Balaban J connectivity index is 1.79. The third-order valence-corrected chi connectivity index (χ3v) is 4.59. The average Bonchev–Trinajstić information content (AvgIpc) is 2.47. The molecule has 1 aliphatic carbocycles. The lowest BCUT2D eigenvalue weighted by Crippen LogP contribution is -2.51. The van der Waals surface area contributed by atoms with Gasteiger partial charge in [0.15, 0.2) is 5.78 Å². The first kappa shape index (κ1) is 14.2. The van der Waals surface area contributed by atoms with E-state index in [1.54, 1.807) is 0 Å². The summed E-state index contributed by atoms with van der Waals surface area (Å²) in [6.07, 6.45) is 4.19. The second-order valence-corrected chi connectivity index (χ2v) is 6.45. The molecule has 0 bridgehead atoms. The number of hydrogen-bond donors (Lipinski definition) is 1. The van der Waals surface area contributed by atoms with Gasteiger partial charge in [-0.15, -0.1) is 0 Å². The van der Waals surface area contributed by atoms with Crippen LogP contribution in [0.3, 0.4) is 0 Å². The number of carbonyl (C=O) groups excluding carboxylic acids is 1. The molecule has 1 aliphatic rings. The number of aromatic nitrogens is 1. The van der Waals surface area contributed by atoms with Crippen LogP contribution in [0, 0.1) is 5.92 Å². The molecule has 1 fully saturated rings.